The van der Waals surface area contributed by atoms with Crippen LogP contribution in [0.2, 0.25) is 0 Å². The van der Waals surface area contributed by atoms with E-state index in [1.807, 2.05) is 13.1 Å². The van der Waals surface area contributed by atoms with Crippen molar-refractivity contribution in [2.75, 3.05) is 23.8 Å². The van der Waals surface area contributed by atoms with Crippen molar-refractivity contribution in [1.29, 1.82) is 0 Å². The Bertz CT molecular complexity index is 557. The van der Waals surface area contributed by atoms with Gasteiger partial charge in [-0.2, -0.15) is 15.1 Å². The van der Waals surface area contributed by atoms with E-state index in [2.05, 4.69) is 37.4 Å². The number of nitrogens with zero attached hydrogens (tertiary/aromatic N) is 4. The largest absolute Gasteiger partial charge is 0.356 e. The Morgan fingerprint density at radius 3 is 2.89 bits per heavy atom. The predicted molar refractivity (Wildman–Crippen MR) is 76.5 cm³/mol. The molecule has 0 saturated heterocycles. The topological polar surface area (TPSA) is 69.7 Å². The molecule has 0 spiro atoms. The third-order valence-corrected chi connectivity index (χ3v) is 3.83. The summed E-state index contributed by atoms with van der Waals surface area (Å²) in [7, 11) is 2.13. The highest BCUT2D eigenvalue weighted by molar-refractivity contribution is 5.87. The average molecular weight is 260 g/mol. The summed E-state index contributed by atoms with van der Waals surface area (Å²) in [6, 6.07) is 0.586. The second kappa shape index (κ2) is 5.03. The van der Waals surface area contributed by atoms with Crippen molar-refractivity contribution in [2.24, 2.45) is 0 Å². The standard InChI is InChI=1S/C13H20N6/c1-3-14-13-16-11-10(8-15-18-11)12(17-13)19(2)9-6-4-5-7-9/h8-9H,3-7H2,1-2H3,(H2,14,15,16,17,18). The molecule has 6 heteroatoms. The second-order valence-corrected chi connectivity index (χ2v) is 5.08. The number of rotatable bonds is 4. The van der Waals surface area contributed by atoms with Gasteiger partial charge in [0.25, 0.3) is 0 Å². The van der Waals surface area contributed by atoms with Crippen LogP contribution in [0.15, 0.2) is 6.20 Å². The van der Waals surface area contributed by atoms with E-state index in [9.17, 15) is 0 Å². The van der Waals surface area contributed by atoms with Crippen molar-refractivity contribution >= 4 is 22.8 Å². The van der Waals surface area contributed by atoms with E-state index in [1.54, 1.807) is 0 Å². The Hall–Kier alpha value is -1.85. The van der Waals surface area contributed by atoms with Gasteiger partial charge in [-0.15, -0.1) is 0 Å². The van der Waals surface area contributed by atoms with Crippen LogP contribution in [0, 0.1) is 0 Å². The zero-order valence-electron chi connectivity index (χ0n) is 11.5. The molecule has 0 atom stereocenters. The Kier molecular flexibility index (Phi) is 3.23. The van der Waals surface area contributed by atoms with E-state index in [0.717, 1.165) is 23.4 Å². The SMILES string of the molecule is CCNc1nc(N(C)C2CCCC2)c2cn[nH]c2n1. The lowest BCUT2D eigenvalue weighted by atomic mass is 10.2. The van der Waals surface area contributed by atoms with E-state index in [0.29, 0.717) is 12.0 Å². The van der Waals surface area contributed by atoms with Gasteiger partial charge in [0.05, 0.1) is 11.6 Å². The highest BCUT2D eigenvalue weighted by Crippen LogP contribution is 2.30. The molecular weight excluding hydrogens is 240 g/mol. The molecule has 2 aromatic heterocycles. The van der Waals surface area contributed by atoms with Gasteiger partial charge in [-0.3, -0.25) is 5.10 Å². The summed E-state index contributed by atoms with van der Waals surface area (Å²) in [4.78, 5) is 11.4. The van der Waals surface area contributed by atoms with E-state index < -0.39 is 0 Å². The number of aromatic amines is 1. The van der Waals surface area contributed by atoms with Gasteiger partial charge in [-0.05, 0) is 19.8 Å². The van der Waals surface area contributed by atoms with Crippen LogP contribution in [0.25, 0.3) is 11.0 Å². The van der Waals surface area contributed by atoms with Crippen molar-refractivity contribution in [1.82, 2.24) is 20.2 Å². The smallest absolute Gasteiger partial charge is 0.226 e. The van der Waals surface area contributed by atoms with Gasteiger partial charge in [-0.1, -0.05) is 12.8 Å². The third kappa shape index (κ3) is 2.22. The lowest BCUT2D eigenvalue weighted by molar-refractivity contribution is 0.648. The van der Waals surface area contributed by atoms with Crippen LogP contribution in [-0.4, -0.2) is 39.8 Å². The highest BCUT2D eigenvalue weighted by Gasteiger charge is 2.23. The van der Waals surface area contributed by atoms with Crippen LogP contribution in [-0.2, 0) is 0 Å². The zero-order valence-corrected chi connectivity index (χ0v) is 11.5. The molecule has 2 aromatic rings. The molecule has 1 saturated carbocycles. The molecule has 1 aliphatic carbocycles. The maximum Gasteiger partial charge on any atom is 0.226 e. The summed E-state index contributed by atoms with van der Waals surface area (Å²) < 4.78 is 0. The van der Waals surface area contributed by atoms with E-state index in [4.69, 9.17) is 0 Å². The minimum atomic E-state index is 0.586. The van der Waals surface area contributed by atoms with Crippen LogP contribution in [0.1, 0.15) is 32.6 Å². The molecular formula is C13H20N6. The number of hydrogen-bond donors (Lipinski definition) is 2. The average Bonchev–Trinajstić information content (AvgIpc) is 3.08. The monoisotopic (exact) mass is 260 g/mol. The summed E-state index contributed by atoms with van der Waals surface area (Å²) in [5, 5.41) is 11.2. The summed E-state index contributed by atoms with van der Waals surface area (Å²) in [6.45, 7) is 2.85. The Morgan fingerprint density at radius 1 is 1.37 bits per heavy atom. The lowest BCUT2D eigenvalue weighted by Crippen LogP contribution is -2.30. The first-order valence-corrected chi connectivity index (χ1v) is 6.97. The van der Waals surface area contributed by atoms with Gasteiger partial charge < -0.3 is 10.2 Å². The summed E-state index contributed by atoms with van der Waals surface area (Å²) in [5.41, 5.74) is 0.797. The van der Waals surface area contributed by atoms with Crippen LogP contribution >= 0.6 is 0 Å². The van der Waals surface area contributed by atoms with E-state index in [1.165, 1.54) is 25.7 Å². The Balaban J connectivity index is 2.01. The van der Waals surface area contributed by atoms with E-state index >= 15 is 0 Å². The van der Waals surface area contributed by atoms with Crippen molar-refractivity contribution < 1.29 is 0 Å². The second-order valence-electron chi connectivity index (χ2n) is 5.08. The molecule has 2 heterocycles. The van der Waals surface area contributed by atoms with Gasteiger partial charge in [0, 0.05) is 19.6 Å². The zero-order chi connectivity index (χ0) is 13.2. The molecule has 19 heavy (non-hydrogen) atoms. The van der Waals surface area contributed by atoms with Gasteiger partial charge in [0.1, 0.15) is 5.82 Å². The van der Waals surface area contributed by atoms with Crippen molar-refractivity contribution in [3.8, 4) is 0 Å². The molecule has 0 unspecified atom stereocenters. The van der Waals surface area contributed by atoms with Gasteiger partial charge in [0.15, 0.2) is 5.65 Å². The fourth-order valence-electron chi connectivity index (χ4n) is 2.79. The van der Waals surface area contributed by atoms with Crippen molar-refractivity contribution in [2.45, 2.75) is 38.6 Å². The predicted octanol–water partition coefficient (Wildman–Crippen LogP) is 2.16. The first kappa shape index (κ1) is 12.2. The molecule has 3 rings (SSSR count). The van der Waals surface area contributed by atoms with Crippen LogP contribution < -0.4 is 10.2 Å². The normalized spacial score (nSPS) is 16.1. The number of fused-ring (bicyclic) bond motifs is 1. The summed E-state index contributed by atoms with van der Waals surface area (Å²) in [5.74, 6) is 1.64. The molecule has 0 amide bonds. The molecule has 102 valence electrons. The third-order valence-electron chi connectivity index (χ3n) is 3.83. The lowest BCUT2D eigenvalue weighted by Gasteiger charge is -2.26. The molecule has 2 N–H and O–H groups in total. The Morgan fingerprint density at radius 2 is 2.16 bits per heavy atom. The molecule has 0 aromatic carbocycles. The maximum absolute atomic E-state index is 4.65. The minimum Gasteiger partial charge on any atom is -0.356 e. The fraction of sp³-hybridized carbons (Fsp3) is 0.615. The molecule has 6 nitrogen and oxygen atoms in total. The first-order valence-electron chi connectivity index (χ1n) is 6.97. The molecule has 1 aliphatic rings. The number of aromatic nitrogens is 4. The summed E-state index contributed by atoms with van der Waals surface area (Å²) in [6.07, 6.45) is 6.93. The molecule has 0 bridgehead atoms. The maximum atomic E-state index is 4.65. The van der Waals surface area contributed by atoms with E-state index in [-0.39, 0.29) is 0 Å². The van der Waals surface area contributed by atoms with Crippen molar-refractivity contribution in [3.05, 3.63) is 6.20 Å². The summed E-state index contributed by atoms with van der Waals surface area (Å²) >= 11 is 0. The number of nitrogens with one attached hydrogen (secondary N) is 2. The highest BCUT2D eigenvalue weighted by atomic mass is 15.3. The molecule has 0 aliphatic heterocycles. The van der Waals surface area contributed by atoms with Crippen molar-refractivity contribution in [3.63, 3.8) is 0 Å². The first-order chi connectivity index (χ1) is 9.29. The molecule has 0 radical (unpaired) electrons. The van der Waals surface area contributed by atoms with Crippen LogP contribution in [0.4, 0.5) is 11.8 Å². The fourth-order valence-corrected chi connectivity index (χ4v) is 2.79. The van der Waals surface area contributed by atoms with Crippen LogP contribution in [0.3, 0.4) is 0 Å². The molecule has 1 fully saturated rings. The number of anilines is 2. The Labute approximate surface area is 112 Å². The quantitative estimate of drug-likeness (QED) is 0.881. The van der Waals surface area contributed by atoms with Gasteiger partial charge >= 0.3 is 0 Å². The van der Waals surface area contributed by atoms with Crippen LogP contribution in [0.5, 0.6) is 0 Å². The van der Waals surface area contributed by atoms with Gasteiger partial charge in [0.2, 0.25) is 5.95 Å². The van der Waals surface area contributed by atoms with Gasteiger partial charge in [-0.25, -0.2) is 0 Å². The minimum absolute atomic E-state index is 0.586. The number of H-pyrrole nitrogens is 1. The number of hydrogen-bond acceptors (Lipinski definition) is 5.